The lowest BCUT2D eigenvalue weighted by molar-refractivity contribution is -0.123. The second-order valence-corrected chi connectivity index (χ2v) is 7.56. The van der Waals surface area contributed by atoms with E-state index in [1.165, 1.54) is 0 Å². The van der Waals surface area contributed by atoms with Gasteiger partial charge < -0.3 is 14.5 Å². The number of nitrogens with one attached hydrogen (secondary N) is 1. The van der Waals surface area contributed by atoms with Crippen LogP contribution in [-0.4, -0.2) is 12.5 Å². The Morgan fingerprint density at radius 3 is 2.69 bits per heavy atom. The van der Waals surface area contributed by atoms with Gasteiger partial charge in [0.15, 0.2) is 6.61 Å². The summed E-state index contributed by atoms with van der Waals surface area (Å²) in [6.07, 6.45) is 0. The minimum atomic E-state index is -0.212. The minimum Gasteiger partial charge on any atom is -0.484 e. The fraction of sp³-hybridized carbons (Fsp3) is 0.130. The van der Waals surface area contributed by atoms with Crippen LogP contribution in [0.25, 0.3) is 22.1 Å². The maximum atomic E-state index is 13.0. The molecular formula is C23H19NO4S. The van der Waals surface area contributed by atoms with Crippen LogP contribution >= 0.6 is 11.3 Å². The third kappa shape index (κ3) is 4.22. The second kappa shape index (κ2) is 8.32. The third-order valence-corrected chi connectivity index (χ3v) is 5.39. The summed E-state index contributed by atoms with van der Waals surface area (Å²) in [6, 6.07) is 18.3. The van der Waals surface area contributed by atoms with Gasteiger partial charge in [-0.05, 0) is 36.1 Å². The molecule has 2 aromatic heterocycles. The molecule has 0 unspecified atom stereocenters. The molecule has 29 heavy (non-hydrogen) atoms. The van der Waals surface area contributed by atoms with Crippen LogP contribution in [0.1, 0.15) is 10.6 Å². The Morgan fingerprint density at radius 1 is 1.10 bits per heavy atom. The normalized spacial score (nSPS) is 10.8. The van der Waals surface area contributed by atoms with Crippen LogP contribution in [0.15, 0.2) is 75.3 Å². The van der Waals surface area contributed by atoms with Gasteiger partial charge in [-0.25, -0.2) is 0 Å². The van der Waals surface area contributed by atoms with E-state index in [-0.39, 0.29) is 17.9 Å². The molecule has 2 heterocycles. The Balaban J connectivity index is 1.51. The van der Waals surface area contributed by atoms with E-state index in [1.807, 2.05) is 47.8 Å². The second-order valence-electron chi connectivity index (χ2n) is 6.53. The fourth-order valence-electron chi connectivity index (χ4n) is 3.11. The van der Waals surface area contributed by atoms with Crippen molar-refractivity contribution in [2.75, 3.05) is 6.61 Å². The number of thiophene rings is 1. The van der Waals surface area contributed by atoms with Gasteiger partial charge in [-0.1, -0.05) is 36.4 Å². The average molecular weight is 405 g/mol. The minimum absolute atomic E-state index is 0.0878. The molecular weight excluding hydrogens is 386 g/mol. The lowest BCUT2D eigenvalue weighted by Crippen LogP contribution is -2.28. The summed E-state index contributed by atoms with van der Waals surface area (Å²) < 4.78 is 11.5. The maximum Gasteiger partial charge on any atom is 0.258 e. The number of hydrogen-bond acceptors (Lipinski definition) is 5. The highest BCUT2D eigenvalue weighted by atomic mass is 32.1. The highest BCUT2D eigenvalue weighted by molar-refractivity contribution is 7.09. The van der Waals surface area contributed by atoms with E-state index in [4.69, 9.17) is 9.15 Å². The molecule has 0 radical (unpaired) electrons. The molecule has 146 valence electrons. The predicted molar refractivity (Wildman–Crippen MR) is 114 cm³/mol. The lowest BCUT2D eigenvalue weighted by atomic mass is 10.0. The summed E-state index contributed by atoms with van der Waals surface area (Å²) in [5.41, 5.74) is 1.72. The van der Waals surface area contributed by atoms with Crippen LogP contribution in [-0.2, 0) is 11.3 Å². The molecule has 4 aromatic rings. The molecule has 0 aliphatic heterocycles. The molecule has 0 bridgehead atoms. The average Bonchev–Trinajstić information content (AvgIpc) is 3.25. The van der Waals surface area contributed by atoms with Gasteiger partial charge in [-0.15, -0.1) is 11.3 Å². The van der Waals surface area contributed by atoms with Gasteiger partial charge in [0.05, 0.1) is 17.5 Å². The molecule has 0 saturated carbocycles. The van der Waals surface area contributed by atoms with E-state index in [0.29, 0.717) is 34.6 Å². The number of aryl methyl sites for hydroxylation is 1. The van der Waals surface area contributed by atoms with Gasteiger partial charge in [0.25, 0.3) is 5.91 Å². The number of fused-ring (bicyclic) bond motifs is 1. The summed E-state index contributed by atoms with van der Waals surface area (Å²) in [7, 11) is 0. The van der Waals surface area contributed by atoms with Crippen molar-refractivity contribution in [1.29, 1.82) is 0 Å². The third-order valence-electron chi connectivity index (χ3n) is 4.51. The highest BCUT2D eigenvalue weighted by Crippen LogP contribution is 2.26. The van der Waals surface area contributed by atoms with Gasteiger partial charge in [0.2, 0.25) is 5.43 Å². The SMILES string of the molecule is Cc1oc2cc(OCC(=O)NCc3cccs3)ccc2c(=O)c1-c1ccccc1. The Kier molecular flexibility index (Phi) is 5.44. The van der Waals surface area contributed by atoms with Crippen molar-refractivity contribution in [2.24, 2.45) is 0 Å². The Morgan fingerprint density at radius 2 is 1.93 bits per heavy atom. The monoisotopic (exact) mass is 405 g/mol. The quantitative estimate of drug-likeness (QED) is 0.512. The predicted octanol–water partition coefficient (Wildman–Crippen LogP) is 4.53. The molecule has 5 nitrogen and oxygen atoms in total. The molecule has 4 rings (SSSR count). The van der Waals surface area contributed by atoms with Crippen LogP contribution in [0.4, 0.5) is 0 Å². The van der Waals surface area contributed by atoms with E-state index in [9.17, 15) is 9.59 Å². The van der Waals surface area contributed by atoms with Crippen molar-refractivity contribution in [3.8, 4) is 16.9 Å². The maximum absolute atomic E-state index is 13.0. The van der Waals surface area contributed by atoms with E-state index < -0.39 is 0 Å². The van der Waals surface area contributed by atoms with Crippen LogP contribution < -0.4 is 15.5 Å². The molecule has 0 atom stereocenters. The van der Waals surface area contributed by atoms with Gasteiger partial charge in [-0.2, -0.15) is 0 Å². The number of carbonyl (C=O) groups is 1. The van der Waals surface area contributed by atoms with E-state index in [0.717, 1.165) is 10.4 Å². The first-order chi connectivity index (χ1) is 14.1. The molecule has 1 amide bonds. The summed E-state index contributed by atoms with van der Waals surface area (Å²) in [5.74, 6) is 0.800. The Hall–Kier alpha value is -3.38. The van der Waals surface area contributed by atoms with E-state index in [2.05, 4.69) is 5.32 Å². The number of carbonyl (C=O) groups excluding carboxylic acids is 1. The molecule has 0 aliphatic carbocycles. The smallest absolute Gasteiger partial charge is 0.258 e. The zero-order chi connectivity index (χ0) is 20.2. The first kappa shape index (κ1) is 19.0. The zero-order valence-corrected chi connectivity index (χ0v) is 16.6. The van der Waals surface area contributed by atoms with Crippen molar-refractivity contribution in [3.05, 3.63) is 86.9 Å². The molecule has 0 spiro atoms. The van der Waals surface area contributed by atoms with Gasteiger partial charge in [0.1, 0.15) is 17.1 Å². The van der Waals surface area contributed by atoms with E-state index in [1.54, 1.807) is 36.5 Å². The summed E-state index contributed by atoms with van der Waals surface area (Å²) in [5, 5.41) is 5.25. The number of rotatable bonds is 6. The first-order valence-corrected chi connectivity index (χ1v) is 10.0. The largest absolute Gasteiger partial charge is 0.484 e. The molecule has 0 aliphatic rings. The standard InChI is InChI=1S/C23H19NO4S/c1-15-22(16-6-3-2-4-7-16)23(26)19-10-9-17(12-20(19)28-15)27-14-21(25)24-13-18-8-5-11-29-18/h2-12H,13-14H2,1H3,(H,24,25). The number of amides is 1. The zero-order valence-electron chi connectivity index (χ0n) is 15.8. The number of benzene rings is 2. The first-order valence-electron chi connectivity index (χ1n) is 9.16. The topological polar surface area (TPSA) is 68.5 Å². The van der Waals surface area contributed by atoms with E-state index >= 15 is 0 Å². The Bertz CT molecular complexity index is 1200. The van der Waals surface area contributed by atoms with Gasteiger partial charge >= 0.3 is 0 Å². The van der Waals surface area contributed by atoms with Crippen molar-refractivity contribution >= 4 is 28.2 Å². The van der Waals surface area contributed by atoms with Crippen molar-refractivity contribution in [2.45, 2.75) is 13.5 Å². The number of ether oxygens (including phenoxy) is 1. The summed E-state index contributed by atoms with van der Waals surface area (Å²) in [4.78, 5) is 26.0. The van der Waals surface area contributed by atoms with Crippen molar-refractivity contribution in [3.63, 3.8) is 0 Å². The van der Waals surface area contributed by atoms with Crippen molar-refractivity contribution in [1.82, 2.24) is 5.32 Å². The molecule has 0 saturated heterocycles. The van der Waals surface area contributed by atoms with Crippen molar-refractivity contribution < 1.29 is 13.9 Å². The molecule has 0 fully saturated rings. The van der Waals surface area contributed by atoms with Crippen LogP contribution in [0.3, 0.4) is 0 Å². The van der Waals surface area contributed by atoms with Gasteiger partial charge in [0, 0.05) is 10.9 Å². The number of hydrogen-bond donors (Lipinski definition) is 1. The lowest BCUT2D eigenvalue weighted by Gasteiger charge is -2.10. The summed E-state index contributed by atoms with van der Waals surface area (Å²) >= 11 is 1.59. The van der Waals surface area contributed by atoms with Crippen LogP contribution in [0.2, 0.25) is 0 Å². The van der Waals surface area contributed by atoms with Crippen LogP contribution in [0.5, 0.6) is 5.75 Å². The summed E-state index contributed by atoms with van der Waals surface area (Å²) in [6.45, 7) is 2.14. The molecule has 2 aromatic carbocycles. The fourth-order valence-corrected chi connectivity index (χ4v) is 3.76. The van der Waals surface area contributed by atoms with Gasteiger partial charge in [-0.3, -0.25) is 9.59 Å². The van der Waals surface area contributed by atoms with Crippen LogP contribution in [0, 0.1) is 6.92 Å². The molecule has 1 N–H and O–H groups in total. The highest BCUT2D eigenvalue weighted by Gasteiger charge is 2.14. The molecule has 6 heteroatoms. The Labute approximate surface area is 171 Å².